The molecule has 1 rings (SSSR count). The van der Waals surface area contributed by atoms with Crippen molar-refractivity contribution in [2.75, 3.05) is 13.6 Å². The molecule has 0 aliphatic heterocycles. The highest BCUT2D eigenvalue weighted by molar-refractivity contribution is 5.79. The van der Waals surface area contributed by atoms with Gasteiger partial charge in [0.15, 0.2) is 0 Å². The van der Waals surface area contributed by atoms with Gasteiger partial charge in [0.05, 0.1) is 6.10 Å². The number of amides is 1. The number of hydrogen-bond donors (Lipinski definition) is 2. The first kappa shape index (κ1) is 14.5. The molecule has 0 heterocycles. The Balaban J connectivity index is 2.49. The van der Waals surface area contributed by atoms with Crippen molar-refractivity contribution in [3.8, 4) is 0 Å². The molecule has 3 N–H and O–H groups in total. The van der Waals surface area contributed by atoms with E-state index in [1.54, 1.807) is 11.8 Å². The second kappa shape index (κ2) is 6.36. The van der Waals surface area contributed by atoms with Gasteiger partial charge in [-0.15, -0.1) is 0 Å². The second-order valence-corrected chi connectivity index (χ2v) is 5.55. The second-order valence-electron chi connectivity index (χ2n) is 5.55. The summed E-state index contributed by atoms with van der Waals surface area (Å²) in [4.78, 5) is 14.0. The molecule has 0 spiro atoms. The van der Waals surface area contributed by atoms with E-state index in [4.69, 9.17) is 5.73 Å². The van der Waals surface area contributed by atoms with E-state index >= 15 is 0 Å². The molecule has 0 radical (unpaired) electrons. The van der Waals surface area contributed by atoms with E-state index in [0.717, 1.165) is 19.3 Å². The number of nitrogens with zero attached hydrogens (tertiary/aromatic N) is 1. The van der Waals surface area contributed by atoms with Crippen LogP contribution in [0.5, 0.6) is 0 Å². The van der Waals surface area contributed by atoms with E-state index in [1.165, 1.54) is 0 Å². The summed E-state index contributed by atoms with van der Waals surface area (Å²) in [5.41, 5.74) is 5.94. The molecule has 1 amide bonds. The summed E-state index contributed by atoms with van der Waals surface area (Å²) in [6.45, 7) is 4.50. The Morgan fingerprint density at radius 1 is 1.53 bits per heavy atom. The summed E-state index contributed by atoms with van der Waals surface area (Å²) in [5.74, 6) is 0.683. The third kappa shape index (κ3) is 4.28. The SMILES string of the molecule is CC(O)CCN(C)C(=O)C1CC(N)CCC1C. The molecule has 1 aliphatic rings. The molecule has 100 valence electrons. The van der Waals surface area contributed by atoms with Crippen LogP contribution in [0.2, 0.25) is 0 Å². The summed E-state index contributed by atoms with van der Waals surface area (Å²) in [5, 5.41) is 9.23. The van der Waals surface area contributed by atoms with Gasteiger partial charge in [0.1, 0.15) is 0 Å². The fraction of sp³-hybridized carbons (Fsp3) is 0.923. The molecule has 0 aromatic carbocycles. The van der Waals surface area contributed by atoms with E-state index in [2.05, 4.69) is 6.92 Å². The van der Waals surface area contributed by atoms with Gasteiger partial charge in [-0.2, -0.15) is 0 Å². The molecule has 0 saturated heterocycles. The maximum atomic E-state index is 12.3. The largest absolute Gasteiger partial charge is 0.393 e. The predicted octanol–water partition coefficient (Wildman–Crippen LogP) is 0.979. The third-order valence-electron chi connectivity index (χ3n) is 3.81. The van der Waals surface area contributed by atoms with Gasteiger partial charge < -0.3 is 15.7 Å². The molecule has 1 aliphatic carbocycles. The molecule has 4 unspecified atom stereocenters. The number of rotatable bonds is 4. The molecule has 4 atom stereocenters. The van der Waals surface area contributed by atoms with Crippen LogP contribution in [0.4, 0.5) is 0 Å². The van der Waals surface area contributed by atoms with Crippen molar-refractivity contribution in [1.82, 2.24) is 4.90 Å². The number of hydrogen-bond acceptors (Lipinski definition) is 3. The first-order chi connectivity index (χ1) is 7.91. The van der Waals surface area contributed by atoms with Gasteiger partial charge in [0.25, 0.3) is 0 Å². The Kier molecular flexibility index (Phi) is 5.40. The lowest BCUT2D eigenvalue weighted by atomic mass is 9.77. The quantitative estimate of drug-likeness (QED) is 0.772. The zero-order valence-electron chi connectivity index (χ0n) is 11.2. The van der Waals surface area contributed by atoms with Gasteiger partial charge in [0.2, 0.25) is 5.91 Å². The van der Waals surface area contributed by atoms with Crippen molar-refractivity contribution in [2.24, 2.45) is 17.6 Å². The maximum absolute atomic E-state index is 12.3. The smallest absolute Gasteiger partial charge is 0.225 e. The van der Waals surface area contributed by atoms with Crippen LogP contribution in [0.1, 0.15) is 39.5 Å². The van der Waals surface area contributed by atoms with Crippen molar-refractivity contribution in [2.45, 2.75) is 51.7 Å². The minimum Gasteiger partial charge on any atom is -0.393 e. The molecule has 17 heavy (non-hydrogen) atoms. The number of nitrogens with two attached hydrogens (primary N) is 1. The molecule has 0 bridgehead atoms. The van der Waals surface area contributed by atoms with Gasteiger partial charge in [-0.3, -0.25) is 4.79 Å². The monoisotopic (exact) mass is 242 g/mol. The van der Waals surface area contributed by atoms with Crippen LogP contribution in [0.25, 0.3) is 0 Å². The summed E-state index contributed by atoms with van der Waals surface area (Å²) in [6.07, 6.45) is 3.16. The molecule has 4 heteroatoms. The van der Waals surface area contributed by atoms with Crippen LogP contribution in [0, 0.1) is 11.8 Å². The van der Waals surface area contributed by atoms with Gasteiger partial charge >= 0.3 is 0 Å². The van der Waals surface area contributed by atoms with Crippen molar-refractivity contribution in [3.05, 3.63) is 0 Å². The minimum absolute atomic E-state index is 0.0674. The highest BCUT2D eigenvalue weighted by Crippen LogP contribution is 2.30. The molecule has 1 saturated carbocycles. The highest BCUT2D eigenvalue weighted by atomic mass is 16.3. The first-order valence-corrected chi connectivity index (χ1v) is 6.60. The Morgan fingerprint density at radius 3 is 2.76 bits per heavy atom. The zero-order valence-corrected chi connectivity index (χ0v) is 11.2. The Labute approximate surface area is 104 Å². The van der Waals surface area contributed by atoms with Gasteiger partial charge in [-0.1, -0.05) is 6.92 Å². The van der Waals surface area contributed by atoms with E-state index in [9.17, 15) is 9.90 Å². The van der Waals surface area contributed by atoms with E-state index in [-0.39, 0.29) is 24.0 Å². The Hall–Kier alpha value is -0.610. The van der Waals surface area contributed by atoms with Crippen LogP contribution in [-0.2, 0) is 4.79 Å². The maximum Gasteiger partial charge on any atom is 0.225 e. The minimum atomic E-state index is -0.351. The average Bonchev–Trinajstić information content (AvgIpc) is 2.28. The summed E-state index contributed by atoms with van der Waals surface area (Å²) >= 11 is 0. The lowest BCUT2D eigenvalue weighted by Crippen LogP contribution is -2.43. The molecule has 1 fully saturated rings. The lowest BCUT2D eigenvalue weighted by Gasteiger charge is -2.34. The first-order valence-electron chi connectivity index (χ1n) is 6.60. The summed E-state index contributed by atoms with van der Waals surface area (Å²) in [7, 11) is 1.82. The predicted molar refractivity (Wildman–Crippen MR) is 68.4 cm³/mol. The number of carbonyl (C=O) groups is 1. The van der Waals surface area contributed by atoms with Gasteiger partial charge in [-0.05, 0) is 38.5 Å². The van der Waals surface area contributed by atoms with Crippen molar-refractivity contribution in [3.63, 3.8) is 0 Å². The van der Waals surface area contributed by atoms with Crippen molar-refractivity contribution in [1.29, 1.82) is 0 Å². The molecule has 0 aromatic heterocycles. The Morgan fingerprint density at radius 2 is 2.18 bits per heavy atom. The van der Waals surface area contributed by atoms with Crippen molar-refractivity contribution >= 4 is 5.91 Å². The molecule has 0 aromatic rings. The average molecular weight is 242 g/mol. The van der Waals surface area contributed by atoms with Gasteiger partial charge in [0, 0.05) is 25.6 Å². The molecular weight excluding hydrogens is 216 g/mol. The van der Waals surface area contributed by atoms with E-state index in [0.29, 0.717) is 18.9 Å². The zero-order chi connectivity index (χ0) is 13.0. The third-order valence-corrected chi connectivity index (χ3v) is 3.81. The van der Waals surface area contributed by atoms with Crippen LogP contribution < -0.4 is 5.73 Å². The van der Waals surface area contributed by atoms with E-state index in [1.807, 2.05) is 7.05 Å². The van der Waals surface area contributed by atoms with Crippen LogP contribution in [0.3, 0.4) is 0 Å². The molecule has 4 nitrogen and oxygen atoms in total. The molecular formula is C13H26N2O2. The lowest BCUT2D eigenvalue weighted by molar-refractivity contribution is -0.137. The highest BCUT2D eigenvalue weighted by Gasteiger charge is 2.32. The number of aliphatic hydroxyl groups is 1. The van der Waals surface area contributed by atoms with Crippen molar-refractivity contribution < 1.29 is 9.90 Å². The summed E-state index contributed by atoms with van der Waals surface area (Å²) < 4.78 is 0. The number of carbonyl (C=O) groups excluding carboxylic acids is 1. The summed E-state index contributed by atoms with van der Waals surface area (Å²) in [6, 6.07) is 0.172. The van der Waals surface area contributed by atoms with Crippen LogP contribution >= 0.6 is 0 Å². The van der Waals surface area contributed by atoms with Crippen LogP contribution in [-0.4, -0.2) is 41.7 Å². The topological polar surface area (TPSA) is 66.6 Å². The fourth-order valence-electron chi connectivity index (χ4n) is 2.47. The fourth-order valence-corrected chi connectivity index (χ4v) is 2.47. The van der Waals surface area contributed by atoms with Gasteiger partial charge in [-0.25, -0.2) is 0 Å². The Bertz CT molecular complexity index is 256. The van der Waals surface area contributed by atoms with E-state index < -0.39 is 0 Å². The van der Waals surface area contributed by atoms with Crippen LogP contribution in [0.15, 0.2) is 0 Å². The normalized spacial score (nSPS) is 31.0. The standard InChI is InChI=1S/C13H26N2O2/c1-9-4-5-11(14)8-12(9)13(17)15(3)7-6-10(2)16/h9-12,16H,4-8,14H2,1-3H3. The number of aliphatic hydroxyl groups excluding tert-OH is 1.